The van der Waals surface area contributed by atoms with Crippen molar-refractivity contribution < 1.29 is 23.8 Å². The quantitative estimate of drug-likeness (QED) is 0.644. The Kier molecular flexibility index (Phi) is 7.38. The van der Waals surface area contributed by atoms with Crippen LogP contribution in [-0.2, 0) is 24.7 Å². The SMILES string of the molecule is COC(=O)C(CNC(=O)C(C)(OC)c1ccccc1)Oc1ccc(Br)cc1. The number of carbonyl (C=O) groups is 2. The molecule has 1 amide bonds. The monoisotopic (exact) mass is 435 g/mol. The van der Waals surface area contributed by atoms with Crippen LogP contribution in [0, 0.1) is 0 Å². The largest absolute Gasteiger partial charge is 0.477 e. The topological polar surface area (TPSA) is 73.9 Å². The molecule has 0 aliphatic heterocycles. The van der Waals surface area contributed by atoms with Gasteiger partial charge in [-0.05, 0) is 36.8 Å². The summed E-state index contributed by atoms with van der Waals surface area (Å²) in [6, 6.07) is 16.1. The minimum Gasteiger partial charge on any atom is -0.477 e. The molecule has 0 aromatic heterocycles. The number of methoxy groups -OCH3 is 2. The van der Waals surface area contributed by atoms with Crippen LogP contribution < -0.4 is 10.1 Å². The van der Waals surface area contributed by atoms with Crippen molar-refractivity contribution in [3.8, 4) is 5.75 Å². The molecule has 0 bridgehead atoms. The predicted octanol–water partition coefficient (Wildman–Crippen LogP) is 3.05. The molecule has 2 rings (SSSR count). The van der Waals surface area contributed by atoms with Crippen molar-refractivity contribution in [1.82, 2.24) is 5.32 Å². The van der Waals surface area contributed by atoms with Gasteiger partial charge in [0.1, 0.15) is 5.75 Å². The molecular formula is C20H22BrNO5. The lowest BCUT2D eigenvalue weighted by Crippen LogP contribution is -2.48. The standard InChI is InChI=1S/C20H22BrNO5/c1-20(26-3,14-7-5-4-6-8-14)19(24)22-13-17(18(23)25-2)27-16-11-9-15(21)10-12-16/h4-12,17H,13H2,1-3H3,(H,22,24). The molecule has 0 saturated carbocycles. The normalized spacial score (nSPS) is 13.9. The van der Waals surface area contributed by atoms with Crippen molar-refractivity contribution >= 4 is 27.8 Å². The van der Waals surface area contributed by atoms with Crippen molar-refractivity contribution in [2.24, 2.45) is 0 Å². The van der Waals surface area contributed by atoms with Gasteiger partial charge >= 0.3 is 5.97 Å². The molecule has 0 heterocycles. The Hall–Kier alpha value is -2.38. The van der Waals surface area contributed by atoms with Crippen molar-refractivity contribution in [2.45, 2.75) is 18.6 Å². The smallest absolute Gasteiger partial charge is 0.348 e. The van der Waals surface area contributed by atoms with E-state index in [2.05, 4.69) is 21.2 Å². The molecule has 7 heteroatoms. The Balaban J connectivity index is 2.10. The molecule has 2 aromatic rings. The molecule has 1 N–H and O–H groups in total. The zero-order valence-electron chi connectivity index (χ0n) is 15.4. The number of amides is 1. The number of halogens is 1. The first-order valence-corrected chi connectivity index (χ1v) is 9.09. The van der Waals surface area contributed by atoms with E-state index in [1.807, 2.05) is 18.2 Å². The third-order valence-corrected chi connectivity index (χ3v) is 4.70. The van der Waals surface area contributed by atoms with Gasteiger partial charge in [0.15, 0.2) is 5.60 Å². The van der Waals surface area contributed by atoms with Crippen molar-refractivity contribution in [3.05, 3.63) is 64.6 Å². The Labute approximate surface area is 166 Å². The van der Waals surface area contributed by atoms with Crippen molar-refractivity contribution in [3.63, 3.8) is 0 Å². The second kappa shape index (κ2) is 9.53. The Bertz CT molecular complexity index is 766. The van der Waals surface area contributed by atoms with Gasteiger partial charge in [-0.3, -0.25) is 4.79 Å². The Morgan fingerprint density at radius 3 is 2.26 bits per heavy atom. The maximum Gasteiger partial charge on any atom is 0.348 e. The molecular weight excluding hydrogens is 414 g/mol. The Morgan fingerprint density at radius 1 is 1.07 bits per heavy atom. The molecule has 0 saturated heterocycles. The minimum absolute atomic E-state index is 0.0621. The highest BCUT2D eigenvalue weighted by Crippen LogP contribution is 2.24. The number of benzene rings is 2. The van der Waals surface area contributed by atoms with E-state index in [0.29, 0.717) is 11.3 Å². The lowest BCUT2D eigenvalue weighted by atomic mass is 9.94. The highest BCUT2D eigenvalue weighted by atomic mass is 79.9. The van der Waals surface area contributed by atoms with Gasteiger partial charge in [-0.1, -0.05) is 46.3 Å². The summed E-state index contributed by atoms with van der Waals surface area (Å²) in [4.78, 5) is 24.8. The number of nitrogens with one attached hydrogen (secondary N) is 1. The van der Waals surface area contributed by atoms with Crippen LogP contribution in [0.2, 0.25) is 0 Å². The number of rotatable bonds is 8. The first-order chi connectivity index (χ1) is 12.9. The van der Waals surface area contributed by atoms with E-state index in [-0.39, 0.29) is 12.5 Å². The van der Waals surface area contributed by atoms with Gasteiger partial charge in [-0.15, -0.1) is 0 Å². The van der Waals surface area contributed by atoms with Crippen LogP contribution in [0.5, 0.6) is 5.75 Å². The van der Waals surface area contributed by atoms with Crippen LogP contribution in [0.4, 0.5) is 0 Å². The number of carbonyl (C=O) groups excluding carboxylic acids is 2. The molecule has 0 aliphatic carbocycles. The first-order valence-electron chi connectivity index (χ1n) is 8.29. The van der Waals surface area contributed by atoms with Gasteiger partial charge in [0, 0.05) is 11.6 Å². The van der Waals surface area contributed by atoms with Gasteiger partial charge in [0.2, 0.25) is 6.10 Å². The Morgan fingerprint density at radius 2 is 1.70 bits per heavy atom. The summed E-state index contributed by atoms with van der Waals surface area (Å²) in [7, 11) is 2.73. The van der Waals surface area contributed by atoms with Crippen LogP contribution in [-0.4, -0.2) is 38.7 Å². The molecule has 0 radical (unpaired) electrons. The number of esters is 1. The van der Waals surface area contributed by atoms with E-state index in [0.717, 1.165) is 4.47 Å². The van der Waals surface area contributed by atoms with Crippen LogP contribution in [0.3, 0.4) is 0 Å². The molecule has 0 aliphatic rings. The van der Waals surface area contributed by atoms with Crippen molar-refractivity contribution in [1.29, 1.82) is 0 Å². The fourth-order valence-corrected chi connectivity index (χ4v) is 2.70. The van der Waals surface area contributed by atoms with E-state index >= 15 is 0 Å². The third kappa shape index (κ3) is 5.30. The zero-order valence-corrected chi connectivity index (χ0v) is 17.0. The molecule has 2 aromatic carbocycles. The summed E-state index contributed by atoms with van der Waals surface area (Å²) in [5, 5.41) is 2.72. The highest BCUT2D eigenvalue weighted by Gasteiger charge is 2.36. The summed E-state index contributed by atoms with van der Waals surface area (Å²) in [6.45, 7) is 1.60. The van der Waals surface area contributed by atoms with Gasteiger partial charge in [-0.2, -0.15) is 0 Å². The third-order valence-electron chi connectivity index (χ3n) is 4.17. The number of hydrogen-bond donors (Lipinski definition) is 1. The summed E-state index contributed by atoms with van der Waals surface area (Å²) in [5.41, 5.74) is -0.493. The van der Waals surface area contributed by atoms with Gasteiger partial charge < -0.3 is 19.5 Å². The van der Waals surface area contributed by atoms with Crippen molar-refractivity contribution in [2.75, 3.05) is 20.8 Å². The molecule has 0 fully saturated rings. The van der Waals surface area contributed by atoms with Gasteiger partial charge in [0.25, 0.3) is 5.91 Å². The van der Waals surface area contributed by atoms with Crippen LogP contribution in [0.1, 0.15) is 12.5 Å². The van der Waals surface area contributed by atoms with E-state index in [9.17, 15) is 9.59 Å². The average Bonchev–Trinajstić information content (AvgIpc) is 2.71. The fraction of sp³-hybridized carbons (Fsp3) is 0.300. The maximum atomic E-state index is 12.8. The van der Waals surface area contributed by atoms with E-state index < -0.39 is 17.7 Å². The maximum absolute atomic E-state index is 12.8. The summed E-state index contributed by atoms with van der Waals surface area (Å²) in [6.07, 6.45) is -0.989. The lowest BCUT2D eigenvalue weighted by Gasteiger charge is -2.28. The minimum atomic E-state index is -1.19. The van der Waals surface area contributed by atoms with Crippen LogP contribution in [0.15, 0.2) is 59.1 Å². The zero-order chi connectivity index (χ0) is 19.9. The predicted molar refractivity (Wildman–Crippen MR) is 104 cm³/mol. The second-order valence-electron chi connectivity index (χ2n) is 5.90. The number of hydrogen-bond acceptors (Lipinski definition) is 5. The fourth-order valence-electron chi connectivity index (χ4n) is 2.43. The molecule has 0 spiro atoms. The summed E-state index contributed by atoms with van der Waals surface area (Å²) < 4.78 is 16.8. The molecule has 2 atom stereocenters. The number of ether oxygens (including phenoxy) is 3. The average molecular weight is 436 g/mol. The molecule has 6 nitrogen and oxygen atoms in total. The second-order valence-corrected chi connectivity index (χ2v) is 6.81. The van der Waals surface area contributed by atoms with E-state index in [1.165, 1.54) is 14.2 Å². The summed E-state index contributed by atoms with van der Waals surface area (Å²) in [5.74, 6) is -0.484. The molecule has 27 heavy (non-hydrogen) atoms. The van der Waals surface area contributed by atoms with E-state index in [4.69, 9.17) is 14.2 Å². The molecule has 144 valence electrons. The van der Waals surface area contributed by atoms with Crippen LogP contribution in [0.25, 0.3) is 0 Å². The summed E-state index contributed by atoms with van der Waals surface area (Å²) >= 11 is 3.34. The van der Waals surface area contributed by atoms with Gasteiger partial charge in [0.05, 0.1) is 13.7 Å². The van der Waals surface area contributed by atoms with E-state index in [1.54, 1.807) is 43.3 Å². The molecule has 2 unspecified atom stereocenters. The first kappa shape index (κ1) is 20.9. The van der Waals surface area contributed by atoms with Crippen LogP contribution >= 0.6 is 15.9 Å². The lowest BCUT2D eigenvalue weighted by molar-refractivity contribution is -0.150. The van der Waals surface area contributed by atoms with Gasteiger partial charge in [-0.25, -0.2) is 4.79 Å². The highest BCUT2D eigenvalue weighted by molar-refractivity contribution is 9.10.